The number of nitrogens with one attached hydrogen (secondary N) is 1. The highest BCUT2D eigenvalue weighted by Gasteiger charge is 2.23. The summed E-state index contributed by atoms with van der Waals surface area (Å²) in [5.74, 6) is -1.47. The van der Waals surface area contributed by atoms with E-state index >= 15 is 0 Å². The summed E-state index contributed by atoms with van der Waals surface area (Å²) in [7, 11) is 3.99. The number of nitrogens with zero attached hydrogens (tertiary/aromatic N) is 1. The van der Waals surface area contributed by atoms with E-state index in [0.717, 1.165) is 31.7 Å². The van der Waals surface area contributed by atoms with Crippen molar-refractivity contribution in [1.29, 1.82) is 0 Å². The van der Waals surface area contributed by atoms with Gasteiger partial charge in [-0.3, -0.25) is 4.90 Å². The van der Waals surface area contributed by atoms with Gasteiger partial charge in [0.1, 0.15) is 0 Å². The number of rotatable bonds is 4. The van der Waals surface area contributed by atoms with Crippen molar-refractivity contribution in [3.8, 4) is 0 Å². The van der Waals surface area contributed by atoms with Gasteiger partial charge in [0.15, 0.2) is 11.6 Å². The molecule has 1 N–H and O–H groups in total. The third-order valence-electron chi connectivity index (χ3n) is 4.18. The zero-order valence-electron chi connectivity index (χ0n) is 11.6. The molecule has 0 atom stereocenters. The van der Waals surface area contributed by atoms with Crippen molar-refractivity contribution < 1.29 is 8.78 Å². The molecule has 0 aromatic heterocycles. The van der Waals surface area contributed by atoms with E-state index in [-0.39, 0.29) is 0 Å². The van der Waals surface area contributed by atoms with Gasteiger partial charge < -0.3 is 5.32 Å². The van der Waals surface area contributed by atoms with Gasteiger partial charge in [0.2, 0.25) is 0 Å². The predicted octanol–water partition coefficient (Wildman–Crippen LogP) is 2.93. The molecular formula is C15H22F2N2. The molecule has 0 amide bonds. The third-order valence-corrected chi connectivity index (χ3v) is 4.18. The Bertz CT molecular complexity index is 415. The summed E-state index contributed by atoms with van der Waals surface area (Å²) in [6, 6.07) is 5.47. The van der Waals surface area contributed by atoms with E-state index in [0.29, 0.717) is 24.2 Å². The SMILES string of the molecule is CNC1CCC(N(C)Cc2cccc(F)c2F)CC1. The lowest BCUT2D eigenvalue weighted by atomic mass is 9.90. The molecule has 0 spiro atoms. The molecule has 0 aliphatic heterocycles. The van der Waals surface area contributed by atoms with Crippen molar-refractivity contribution in [3.63, 3.8) is 0 Å². The summed E-state index contributed by atoms with van der Waals surface area (Å²) in [5, 5.41) is 3.30. The molecule has 0 heterocycles. The van der Waals surface area contributed by atoms with Crippen LogP contribution in [0.1, 0.15) is 31.2 Å². The van der Waals surface area contributed by atoms with Crippen LogP contribution in [0.4, 0.5) is 8.78 Å². The van der Waals surface area contributed by atoms with Crippen LogP contribution in [0.2, 0.25) is 0 Å². The van der Waals surface area contributed by atoms with Gasteiger partial charge in [-0.05, 0) is 45.8 Å². The fraction of sp³-hybridized carbons (Fsp3) is 0.600. The van der Waals surface area contributed by atoms with Crippen molar-refractivity contribution in [2.75, 3.05) is 14.1 Å². The van der Waals surface area contributed by atoms with Gasteiger partial charge in [0.05, 0.1) is 0 Å². The quantitative estimate of drug-likeness (QED) is 0.903. The molecule has 0 bridgehead atoms. The van der Waals surface area contributed by atoms with Crippen LogP contribution in [0.15, 0.2) is 18.2 Å². The lowest BCUT2D eigenvalue weighted by Gasteiger charge is -2.34. The zero-order valence-corrected chi connectivity index (χ0v) is 11.6. The maximum atomic E-state index is 13.6. The first kappa shape index (κ1) is 14.4. The van der Waals surface area contributed by atoms with Crippen molar-refractivity contribution >= 4 is 0 Å². The van der Waals surface area contributed by atoms with E-state index < -0.39 is 11.6 Å². The van der Waals surface area contributed by atoms with Gasteiger partial charge in [-0.2, -0.15) is 0 Å². The average Bonchev–Trinajstić information content (AvgIpc) is 2.44. The van der Waals surface area contributed by atoms with Gasteiger partial charge in [0, 0.05) is 24.2 Å². The van der Waals surface area contributed by atoms with Crippen molar-refractivity contribution in [3.05, 3.63) is 35.4 Å². The molecule has 1 fully saturated rings. The summed E-state index contributed by atoms with van der Waals surface area (Å²) in [6.45, 7) is 0.471. The van der Waals surface area contributed by atoms with Crippen LogP contribution in [0.5, 0.6) is 0 Å². The smallest absolute Gasteiger partial charge is 0.163 e. The second-order valence-corrected chi connectivity index (χ2v) is 5.42. The highest BCUT2D eigenvalue weighted by atomic mass is 19.2. The fourth-order valence-electron chi connectivity index (χ4n) is 2.87. The summed E-state index contributed by atoms with van der Waals surface area (Å²) >= 11 is 0. The highest BCUT2D eigenvalue weighted by molar-refractivity contribution is 5.18. The van der Waals surface area contributed by atoms with Gasteiger partial charge in [-0.1, -0.05) is 12.1 Å². The molecule has 0 radical (unpaired) electrons. The standard InChI is InChI=1S/C15H22F2N2/c1-18-12-6-8-13(9-7-12)19(2)10-11-4-3-5-14(16)15(11)17/h3-5,12-13,18H,6-10H2,1-2H3. The minimum atomic E-state index is -0.759. The molecule has 106 valence electrons. The van der Waals surface area contributed by atoms with Crippen LogP contribution in [0, 0.1) is 11.6 Å². The Morgan fingerprint density at radius 3 is 2.53 bits per heavy atom. The number of hydrogen-bond acceptors (Lipinski definition) is 2. The molecule has 1 aromatic rings. The summed E-state index contributed by atoms with van der Waals surface area (Å²) in [4.78, 5) is 2.14. The molecule has 2 rings (SSSR count). The molecule has 0 saturated heterocycles. The van der Waals surface area contributed by atoms with Crippen molar-refractivity contribution in [2.24, 2.45) is 0 Å². The second kappa shape index (κ2) is 6.44. The van der Waals surface area contributed by atoms with Gasteiger partial charge >= 0.3 is 0 Å². The first-order valence-corrected chi connectivity index (χ1v) is 6.92. The van der Waals surface area contributed by atoms with Crippen LogP contribution in [0.3, 0.4) is 0 Å². The predicted molar refractivity (Wildman–Crippen MR) is 72.9 cm³/mol. The monoisotopic (exact) mass is 268 g/mol. The molecule has 4 heteroatoms. The number of halogens is 2. The lowest BCUT2D eigenvalue weighted by molar-refractivity contribution is 0.168. The Balaban J connectivity index is 1.94. The molecule has 1 saturated carbocycles. The van der Waals surface area contributed by atoms with Gasteiger partial charge in [-0.15, -0.1) is 0 Å². The average molecular weight is 268 g/mol. The van der Waals surface area contributed by atoms with Crippen LogP contribution < -0.4 is 5.32 Å². The van der Waals surface area contributed by atoms with Crippen molar-refractivity contribution in [1.82, 2.24) is 10.2 Å². The fourth-order valence-corrected chi connectivity index (χ4v) is 2.87. The van der Waals surface area contributed by atoms with E-state index in [2.05, 4.69) is 10.2 Å². The molecule has 2 nitrogen and oxygen atoms in total. The normalized spacial score (nSPS) is 23.8. The zero-order chi connectivity index (χ0) is 13.8. The summed E-state index contributed by atoms with van der Waals surface area (Å²) in [5.41, 5.74) is 0.443. The Morgan fingerprint density at radius 1 is 1.21 bits per heavy atom. The Kier molecular flexibility index (Phi) is 4.88. The van der Waals surface area contributed by atoms with Crippen LogP contribution >= 0.6 is 0 Å². The summed E-state index contributed by atoms with van der Waals surface area (Å²) in [6.07, 6.45) is 4.52. The minimum Gasteiger partial charge on any atom is -0.317 e. The van der Waals surface area contributed by atoms with E-state index in [1.165, 1.54) is 0 Å². The Hall–Kier alpha value is -1.00. The molecule has 0 unspecified atom stereocenters. The minimum absolute atomic E-state index is 0.443. The summed E-state index contributed by atoms with van der Waals surface area (Å²) < 4.78 is 26.8. The molecule has 19 heavy (non-hydrogen) atoms. The van der Waals surface area contributed by atoms with E-state index in [1.54, 1.807) is 12.1 Å². The number of benzene rings is 1. The topological polar surface area (TPSA) is 15.3 Å². The Labute approximate surface area is 113 Å². The highest BCUT2D eigenvalue weighted by Crippen LogP contribution is 2.24. The Morgan fingerprint density at radius 2 is 1.89 bits per heavy atom. The third kappa shape index (κ3) is 3.51. The molecular weight excluding hydrogens is 246 g/mol. The van der Waals surface area contributed by atoms with Gasteiger partial charge in [-0.25, -0.2) is 8.78 Å². The lowest BCUT2D eigenvalue weighted by Crippen LogP contribution is -2.39. The van der Waals surface area contributed by atoms with Crippen LogP contribution in [-0.2, 0) is 6.54 Å². The first-order valence-electron chi connectivity index (χ1n) is 6.92. The van der Waals surface area contributed by atoms with Crippen LogP contribution in [0.25, 0.3) is 0 Å². The van der Waals surface area contributed by atoms with Gasteiger partial charge in [0.25, 0.3) is 0 Å². The molecule has 1 aliphatic rings. The van der Waals surface area contributed by atoms with E-state index in [4.69, 9.17) is 0 Å². The largest absolute Gasteiger partial charge is 0.317 e. The number of hydrogen-bond donors (Lipinski definition) is 1. The maximum absolute atomic E-state index is 13.6. The van der Waals surface area contributed by atoms with Crippen molar-refractivity contribution in [2.45, 2.75) is 44.3 Å². The molecule has 1 aromatic carbocycles. The van der Waals surface area contributed by atoms with Crippen LogP contribution in [-0.4, -0.2) is 31.1 Å². The first-order chi connectivity index (χ1) is 9.11. The van der Waals surface area contributed by atoms with E-state index in [1.807, 2.05) is 14.1 Å². The van der Waals surface area contributed by atoms with E-state index in [9.17, 15) is 8.78 Å². The maximum Gasteiger partial charge on any atom is 0.163 e. The molecule has 1 aliphatic carbocycles. The second-order valence-electron chi connectivity index (χ2n) is 5.42.